The molecule has 0 unspecified atom stereocenters. The molecule has 15 heavy (non-hydrogen) atoms. The van der Waals surface area contributed by atoms with Crippen molar-refractivity contribution in [3.8, 4) is 0 Å². The molecule has 0 aliphatic heterocycles. The van der Waals surface area contributed by atoms with Crippen molar-refractivity contribution in [1.29, 1.82) is 0 Å². The van der Waals surface area contributed by atoms with Crippen molar-refractivity contribution in [2.24, 2.45) is 0 Å². The van der Waals surface area contributed by atoms with Gasteiger partial charge in [0, 0.05) is 13.1 Å². The van der Waals surface area contributed by atoms with Crippen LogP contribution in [0.2, 0.25) is 10.0 Å². The maximum absolute atomic E-state index is 10.5. The van der Waals surface area contributed by atoms with Crippen LogP contribution in [0.5, 0.6) is 0 Å². The van der Waals surface area contributed by atoms with Crippen LogP contribution in [0.1, 0.15) is 13.8 Å². The fraction of sp³-hybridized carbons (Fsp3) is 0.333. The van der Waals surface area contributed by atoms with Gasteiger partial charge in [-0.15, -0.1) is 0 Å². The molecule has 1 rings (SSSR count). The lowest BCUT2D eigenvalue weighted by Gasteiger charge is -1.89. The monoisotopic (exact) mass is 251 g/mol. The fourth-order valence-electron chi connectivity index (χ4n) is 0.635. The average Bonchev–Trinajstić information content (AvgIpc) is 2.13. The first-order valence-electron chi connectivity index (χ1n) is 4.14. The van der Waals surface area contributed by atoms with Gasteiger partial charge < -0.3 is 9.72 Å². The molecule has 6 heteroatoms. The molecule has 0 amide bonds. The van der Waals surface area contributed by atoms with E-state index < -0.39 is 0 Å². The van der Waals surface area contributed by atoms with E-state index in [1.165, 1.54) is 19.2 Å². The molecule has 1 aromatic rings. The number of carbonyl (C=O) groups excluding carboxylic acids is 1. The Morgan fingerprint density at radius 2 is 2.13 bits per heavy atom. The quantitative estimate of drug-likeness (QED) is 0.780. The summed E-state index contributed by atoms with van der Waals surface area (Å²) < 4.78 is 4.40. The Morgan fingerprint density at radius 3 is 2.40 bits per heavy atom. The molecule has 0 aliphatic carbocycles. The lowest BCUT2D eigenvalue weighted by molar-refractivity contribution is -0.140. The van der Waals surface area contributed by atoms with E-state index in [-0.39, 0.29) is 16.6 Å². The van der Waals surface area contributed by atoms with Gasteiger partial charge in [0.15, 0.2) is 0 Å². The van der Waals surface area contributed by atoms with Gasteiger partial charge in [0.25, 0.3) is 5.56 Å². The molecule has 0 radical (unpaired) electrons. The molecule has 1 N–H and O–H groups in total. The van der Waals surface area contributed by atoms with Crippen LogP contribution in [0.4, 0.5) is 0 Å². The zero-order chi connectivity index (χ0) is 11.8. The second kappa shape index (κ2) is 7.31. The van der Waals surface area contributed by atoms with Crippen LogP contribution in [-0.2, 0) is 9.53 Å². The zero-order valence-corrected chi connectivity index (χ0v) is 9.85. The van der Waals surface area contributed by atoms with Crippen LogP contribution in [0.15, 0.2) is 17.1 Å². The van der Waals surface area contributed by atoms with Crippen molar-refractivity contribution in [3.63, 3.8) is 0 Å². The third kappa shape index (κ3) is 6.99. The van der Waals surface area contributed by atoms with E-state index in [4.69, 9.17) is 23.2 Å². The molecule has 0 aromatic carbocycles. The Labute approximate surface area is 97.2 Å². The number of nitrogens with one attached hydrogen (secondary N) is 1. The number of H-pyrrole nitrogens is 1. The number of halogens is 2. The van der Waals surface area contributed by atoms with E-state index in [9.17, 15) is 9.59 Å². The summed E-state index contributed by atoms with van der Waals surface area (Å²) in [6.45, 7) is 3.65. The molecule has 0 spiro atoms. The Morgan fingerprint density at radius 1 is 1.53 bits per heavy atom. The smallest absolute Gasteiger partial charge is 0.302 e. The molecule has 0 saturated heterocycles. The number of carbonyl (C=O) groups is 1. The summed E-state index contributed by atoms with van der Waals surface area (Å²) in [6, 6.07) is 1.39. The summed E-state index contributed by atoms with van der Waals surface area (Å²) in [5.41, 5.74) is -0.318. The second-order valence-corrected chi connectivity index (χ2v) is 3.26. The predicted octanol–water partition coefficient (Wildman–Crippen LogP) is 2.25. The van der Waals surface area contributed by atoms with Gasteiger partial charge in [0.1, 0.15) is 5.02 Å². The van der Waals surface area contributed by atoms with Gasteiger partial charge in [-0.05, 0) is 13.0 Å². The van der Waals surface area contributed by atoms with Crippen LogP contribution in [-0.4, -0.2) is 17.6 Å². The van der Waals surface area contributed by atoms with Crippen LogP contribution in [0.25, 0.3) is 0 Å². The van der Waals surface area contributed by atoms with Crippen molar-refractivity contribution in [3.05, 3.63) is 32.7 Å². The molecular formula is C9H11Cl2NO3. The minimum atomic E-state index is -0.318. The minimum Gasteiger partial charge on any atom is -0.466 e. The van der Waals surface area contributed by atoms with Crippen LogP contribution in [0, 0.1) is 0 Å². The van der Waals surface area contributed by atoms with Gasteiger partial charge in [0.05, 0.1) is 11.6 Å². The lowest BCUT2D eigenvalue weighted by atomic mass is 10.5. The summed E-state index contributed by atoms with van der Waals surface area (Å²) in [5.74, 6) is -0.211. The molecule has 1 aromatic heterocycles. The highest BCUT2D eigenvalue weighted by Crippen LogP contribution is 2.08. The maximum atomic E-state index is 10.5. The van der Waals surface area contributed by atoms with E-state index in [0.717, 1.165) is 0 Å². The number of pyridine rings is 1. The van der Waals surface area contributed by atoms with Crippen LogP contribution < -0.4 is 5.56 Å². The minimum absolute atomic E-state index is 0.113. The van der Waals surface area contributed by atoms with Gasteiger partial charge in [-0.3, -0.25) is 9.59 Å². The topological polar surface area (TPSA) is 59.2 Å². The van der Waals surface area contributed by atoms with Crippen molar-refractivity contribution in [2.45, 2.75) is 13.8 Å². The zero-order valence-electron chi connectivity index (χ0n) is 8.34. The summed E-state index contributed by atoms with van der Waals surface area (Å²) in [6.07, 6.45) is 1.38. The first-order chi connectivity index (χ1) is 6.97. The van der Waals surface area contributed by atoms with Crippen molar-refractivity contribution < 1.29 is 9.53 Å². The molecule has 1 heterocycles. The standard InChI is InChI=1S/C5H3Cl2NO.C4H8O2/c6-3-1-4(7)5(9)8-2-3;1-3-6-4(2)5/h1-2H,(H,8,9);3H2,1-2H3. The van der Waals surface area contributed by atoms with Crippen LogP contribution in [0.3, 0.4) is 0 Å². The van der Waals surface area contributed by atoms with Crippen molar-refractivity contribution in [2.75, 3.05) is 6.61 Å². The highest BCUT2D eigenvalue weighted by Gasteiger charge is 1.93. The Bertz CT molecular complexity index is 376. The van der Waals surface area contributed by atoms with Crippen molar-refractivity contribution >= 4 is 29.2 Å². The Balaban J connectivity index is 0.000000288. The average molecular weight is 252 g/mol. The number of rotatable bonds is 1. The molecular weight excluding hydrogens is 241 g/mol. The van der Waals surface area contributed by atoms with Gasteiger partial charge >= 0.3 is 5.97 Å². The largest absolute Gasteiger partial charge is 0.466 e. The normalized spacial score (nSPS) is 8.80. The highest BCUT2D eigenvalue weighted by molar-refractivity contribution is 6.34. The SMILES string of the molecule is CCOC(C)=O.O=c1[nH]cc(Cl)cc1Cl. The van der Waals surface area contributed by atoms with Crippen LogP contribution >= 0.6 is 23.2 Å². The first kappa shape index (κ1) is 14.0. The second-order valence-electron chi connectivity index (χ2n) is 2.42. The Kier molecular flexibility index (Phi) is 6.83. The van der Waals surface area contributed by atoms with Gasteiger partial charge in [-0.1, -0.05) is 23.2 Å². The molecule has 0 aliphatic rings. The molecule has 4 nitrogen and oxygen atoms in total. The number of aromatic amines is 1. The van der Waals surface area contributed by atoms with E-state index in [1.807, 2.05) is 0 Å². The maximum Gasteiger partial charge on any atom is 0.302 e. The third-order valence-corrected chi connectivity index (χ3v) is 1.67. The highest BCUT2D eigenvalue weighted by atomic mass is 35.5. The van der Waals surface area contributed by atoms with E-state index >= 15 is 0 Å². The van der Waals surface area contributed by atoms with Crippen molar-refractivity contribution in [1.82, 2.24) is 4.98 Å². The molecule has 0 bridgehead atoms. The van der Waals surface area contributed by atoms with E-state index in [0.29, 0.717) is 11.6 Å². The lowest BCUT2D eigenvalue weighted by Crippen LogP contribution is -2.03. The molecule has 0 fully saturated rings. The molecule has 0 saturated carbocycles. The molecule has 84 valence electrons. The number of ether oxygens (including phenoxy) is 1. The van der Waals surface area contributed by atoms with Gasteiger partial charge in [0.2, 0.25) is 0 Å². The number of hydrogen-bond acceptors (Lipinski definition) is 3. The molecule has 0 atom stereocenters. The summed E-state index contributed by atoms with van der Waals surface area (Å²) in [4.78, 5) is 22.7. The number of hydrogen-bond donors (Lipinski definition) is 1. The number of aromatic nitrogens is 1. The number of esters is 1. The summed E-state index contributed by atoms with van der Waals surface area (Å²) >= 11 is 10.8. The summed E-state index contributed by atoms with van der Waals surface area (Å²) in [7, 11) is 0. The van der Waals surface area contributed by atoms with E-state index in [2.05, 4.69) is 9.72 Å². The predicted molar refractivity (Wildman–Crippen MR) is 59.4 cm³/mol. The van der Waals surface area contributed by atoms with Gasteiger partial charge in [-0.2, -0.15) is 0 Å². The Hall–Kier alpha value is -1.000. The first-order valence-corrected chi connectivity index (χ1v) is 4.90. The third-order valence-electron chi connectivity index (χ3n) is 1.17. The van der Waals surface area contributed by atoms with Gasteiger partial charge in [-0.25, -0.2) is 0 Å². The summed E-state index contributed by atoms with van der Waals surface area (Å²) in [5, 5.41) is 0.544. The fourth-order valence-corrected chi connectivity index (χ4v) is 1.03. The van der Waals surface area contributed by atoms with E-state index in [1.54, 1.807) is 6.92 Å².